The number of hydrogen-bond acceptors (Lipinski definition) is 3. The van der Waals surface area contributed by atoms with Gasteiger partial charge in [0.1, 0.15) is 5.82 Å². The first-order valence-electron chi connectivity index (χ1n) is 8.04. The maximum absolute atomic E-state index is 4.74. The summed E-state index contributed by atoms with van der Waals surface area (Å²) in [6, 6.07) is 10.5. The number of thiophene rings is 1. The van der Waals surface area contributed by atoms with E-state index in [9.17, 15) is 0 Å². The van der Waals surface area contributed by atoms with E-state index in [2.05, 4.69) is 51.0 Å². The molecule has 1 saturated heterocycles. The molecule has 3 heterocycles. The van der Waals surface area contributed by atoms with E-state index in [1.54, 1.807) is 11.3 Å². The summed E-state index contributed by atoms with van der Waals surface area (Å²) >= 11 is 1.79. The molecule has 22 heavy (non-hydrogen) atoms. The Balaban J connectivity index is 1.41. The Morgan fingerprint density at radius 1 is 1.27 bits per heavy atom. The third kappa shape index (κ3) is 3.08. The van der Waals surface area contributed by atoms with E-state index in [0.29, 0.717) is 5.92 Å². The molecule has 1 aliphatic rings. The van der Waals surface area contributed by atoms with Gasteiger partial charge in [-0.3, -0.25) is 4.90 Å². The van der Waals surface area contributed by atoms with Gasteiger partial charge in [0.05, 0.1) is 11.0 Å². The van der Waals surface area contributed by atoms with Crippen molar-refractivity contribution in [3.05, 3.63) is 52.5 Å². The highest BCUT2D eigenvalue weighted by atomic mass is 32.1. The van der Waals surface area contributed by atoms with Crippen LogP contribution in [0.25, 0.3) is 11.0 Å². The van der Waals surface area contributed by atoms with Crippen LogP contribution < -0.4 is 0 Å². The van der Waals surface area contributed by atoms with Crippen LogP contribution in [0.1, 0.15) is 24.2 Å². The van der Waals surface area contributed by atoms with E-state index in [1.807, 2.05) is 0 Å². The van der Waals surface area contributed by atoms with Gasteiger partial charge in [0, 0.05) is 19.5 Å². The molecular weight excluding hydrogens is 290 g/mol. The van der Waals surface area contributed by atoms with Crippen LogP contribution in [0, 0.1) is 5.92 Å². The van der Waals surface area contributed by atoms with Crippen LogP contribution in [0.4, 0.5) is 0 Å². The molecule has 1 aliphatic heterocycles. The molecule has 4 heteroatoms. The van der Waals surface area contributed by atoms with Crippen molar-refractivity contribution in [1.29, 1.82) is 0 Å². The Morgan fingerprint density at radius 3 is 3.09 bits per heavy atom. The first kappa shape index (κ1) is 14.0. The number of aromatic amines is 1. The van der Waals surface area contributed by atoms with Crippen LogP contribution in [0.3, 0.4) is 0 Å². The summed E-state index contributed by atoms with van der Waals surface area (Å²) in [4.78, 5) is 10.8. The minimum absolute atomic E-state index is 0.716. The number of likely N-dealkylation sites (tertiary alicyclic amines) is 1. The molecule has 0 bridgehead atoms. The van der Waals surface area contributed by atoms with Crippen molar-refractivity contribution in [2.24, 2.45) is 5.92 Å². The highest BCUT2D eigenvalue weighted by Gasteiger charge is 2.21. The van der Waals surface area contributed by atoms with Crippen LogP contribution in [-0.4, -0.2) is 28.0 Å². The average molecular weight is 311 g/mol. The second kappa shape index (κ2) is 6.23. The Bertz CT molecular complexity index is 699. The third-order valence-corrected chi connectivity index (χ3v) is 5.24. The van der Waals surface area contributed by atoms with Gasteiger partial charge in [0.25, 0.3) is 0 Å². The van der Waals surface area contributed by atoms with Crippen LogP contribution in [0.2, 0.25) is 0 Å². The van der Waals surface area contributed by atoms with Gasteiger partial charge < -0.3 is 4.98 Å². The van der Waals surface area contributed by atoms with Crippen molar-refractivity contribution in [1.82, 2.24) is 14.9 Å². The third-order valence-electron chi connectivity index (χ3n) is 4.51. The molecule has 0 amide bonds. The van der Waals surface area contributed by atoms with Gasteiger partial charge >= 0.3 is 0 Å². The van der Waals surface area contributed by atoms with Gasteiger partial charge in [0.2, 0.25) is 0 Å². The fraction of sp³-hybridized carbons (Fsp3) is 0.389. The molecule has 3 nitrogen and oxygen atoms in total. The zero-order valence-electron chi connectivity index (χ0n) is 12.7. The molecule has 0 unspecified atom stereocenters. The van der Waals surface area contributed by atoms with E-state index >= 15 is 0 Å². The average Bonchev–Trinajstić information content (AvgIpc) is 3.16. The molecule has 3 aromatic rings. The SMILES string of the molecule is c1ccc2[nH]c(C[C@@H]3CCCN(Cc4ccsc4)C3)nc2c1. The zero-order valence-corrected chi connectivity index (χ0v) is 13.5. The van der Waals surface area contributed by atoms with Gasteiger partial charge in [-0.05, 0) is 59.8 Å². The summed E-state index contributed by atoms with van der Waals surface area (Å²) in [5, 5.41) is 4.44. The van der Waals surface area contributed by atoms with Crippen molar-refractivity contribution in [2.45, 2.75) is 25.8 Å². The van der Waals surface area contributed by atoms with Gasteiger partial charge in [-0.1, -0.05) is 12.1 Å². The summed E-state index contributed by atoms with van der Waals surface area (Å²) in [5.41, 5.74) is 3.70. The molecule has 0 aliphatic carbocycles. The lowest BCUT2D eigenvalue weighted by atomic mass is 9.94. The molecular formula is C18H21N3S. The number of nitrogens with one attached hydrogen (secondary N) is 1. The number of hydrogen-bond donors (Lipinski definition) is 1. The van der Waals surface area contributed by atoms with Crippen molar-refractivity contribution in [3.63, 3.8) is 0 Å². The minimum atomic E-state index is 0.716. The quantitative estimate of drug-likeness (QED) is 0.787. The largest absolute Gasteiger partial charge is 0.342 e. The number of nitrogens with zero attached hydrogens (tertiary/aromatic N) is 2. The number of para-hydroxylation sites is 2. The van der Waals surface area contributed by atoms with Crippen molar-refractivity contribution in [3.8, 4) is 0 Å². The highest BCUT2D eigenvalue weighted by Crippen LogP contribution is 2.23. The van der Waals surface area contributed by atoms with E-state index in [0.717, 1.165) is 29.8 Å². The maximum Gasteiger partial charge on any atom is 0.107 e. The molecule has 4 rings (SSSR count). The molecule has 0 radical (unpaired) electrons. The van der Waals surface area contributed by atoms with Gasteiger partial charge in [0.15, 0.2) is 0 Å². The number of fused-ring (bicyclic) bond motifs is 1. The summed E-state index contributed by atoms with van der Waals surface area (Å²) < 4.78 is 0. The number of piperidine rings is 1. The highest BCUT2D eigenvalue weighted by molar-refractivity contribution is 7.07. The fourth-order valence-corrected chi connectivity index (χ4v) is 4.14. The van der Waals surface area contributed by atoms with Gasteiger partial charge in [-0.2, -0.15) is 11.3 Å². The monoisotopic (exact) mass is 311 g/mol. The van der Waals surface area contributed by atoms with E-state index in [-0.39, 0.29) is 0 Å². The summed E-state index contributed by atoms with van der Waals surface area (Å²) in [5.74, 6) is 1.86. The smallest absolute Gasteiger partial charge is 0.107 e. The topological polar surface area (TPSA) is 31.9 Å². The zero-order chi connectivity index (χ0) is 14.8. The lowest BCUT2D eigenvalue weighted by Crippen LogP contribution is -2.35. The van der Waals surface area contributed by atoms with E-state index < -0.39 is 0 Å². The summed E-state index contributed by atoms with van der Waals surface area (Å²) in [6.45, 7) is 3.51. The lowest BCUT2D eigenvalue weighted by Gasteiger charge is -2.32. The van der Waals surface area contributed by atoms with Crippen molar-refractivity contribution in [2.75, 3.05) is 13.1 Å². The predicted octanol–water partition coefficient (Wildman–Crippen LogP) is 4.08. The molecule has 114 valence electrons. The normalized spacial score (nSPS) is 19.7. The molecule has 0 saturated carbocycles. The van der Waals surface area contributed by atoms with Gasteiger partial charge in [-0.15, -0.1) is 0 Å². The summed E-state index contributed by atoms with van der Waals surface area (Å²) in [6.07, 6.45) is 3.68. The first-order valence-corrected chi connectivity index (χ1v) is 8.98. The minimum Gasteiger partial charge on any atom is -0.342 e. The predicted molar refractivity (Wildman–Crippen MR) is 92.1 cm³/mol. The number of rotatable bonds is 4. The Kier molecular flexibility index (Phi) is 3.95. The number of benzene rings is 1. The number of imidazole rings is 1. The molecule has 2 aromatic heterocycles. The molecule has 1 N–H and O–H groups in total. The molecule has 1 aromatic carbocycles. The van der Waals surface area contributed by atoms with Gasteiger partial charge in [-0.25, -0.2) is 4.98 Å². The van der Waals surface area contributed by atoms with E-state index in [1.165, 1.54) is 31.5 Å². The summed E-state index contributed by atoms with van der Waals surface area (Å²) in [7, 11) is 0. The Labute approximate surface area is 135 Å². The number of H-pyrrole nitrogens is 1. The van der Waals surface area contributed by atoms with Crippen LogP contribution in [0.15, 0.2) is 41.1 Å². The van der Waals surface area contributed by atoms with Crippen LogP contribution in [-0.2, 0) is 13.0 Å². The Hall–Kier alpha value is -1.65. The molecule has 0 spiro atoms. The van der Waals surface area contributed by atoms with Crippen LogP contribution in [0.5, 0.6) is 0 Å². The first-order chi connectivity index (χ1) is 10.9. The van der Waals surface area contributed by atoms with Crippen molar-refractivity contribution >= 4 is 22.4 Å². The lowest BCUT2D eigenvalue weighted by molar-refractivity contribution is 0.166. The molecule has 1 fully saturated rings. The fourth-order valence-electron chi connectivity index (χ4n) is 3.48. The second-order valence-electron chi connectivity index (χ2n) is 6.28. The maximum atomic E-state index is 4.74. The van der Waals surface area contributed by atoms with E-state index in [4.69, 9.17) is 4.98 Å². The number of aromatic nitrogens is 2. The second-order valence-corrected chi connectivity index (χ2v) is 7.06. The van der Waals surface area contributed by atoms with Crippen molar-refractivity contribution < 1.29 is 0 Å². The molecule has 1 atom stereocenters. The Morgan fingerprint density at radius 2 is 2.23 bits per heavy atom. The standard InChI is InChI=1S/C18H21N3S/c1-2-6-17-16(5-1)19-18(20-17)10-14-4-3-8-21(11-14)12-15-7-9-22-13-15/h1-2,5-7,9,13-14H,3-4,8,10-12H2,(H,19,20)/t14-/m0/s1. The van der Waals surface area contributed by atoms with Crippen LogP contribution >= 0.6 is 11.3 Å².